The average Bonchev–Trinajstić information content (AvgIpc) is 3.06. The Labute approximate surface area is 106 Å². The van der Waals surface area contributed by atoms with Crippen LogP contribution in [0.4, 0.5) is 0 Å². The lowest BCUT2D eigenvalue weighted by atomic mass is 9.85. The summed E-state index contributed by atoms with van der Waals surface area (Å²) in [6.07, 6.45) is 7.58. The van der Waals surface area contributed by atoms with Crippen LogP contribution < -0.4 is 5.32 Å². The van der Waals surface area contributed by atoms with Crippen LogP contribution in [0.2, 0.25) is 0 Å². The minimum atomic E-state index is 0.0513. The van der Waals surface area contributed by atoms with Crippen molar-refractivity contribution in [2.24, 2.45) is 5.92 Å². The Bertz CT molecular complexity index is 242. The van der Waals surface area contributed by atoms with Gasteiger partial charge in [-0.15, -0.1) is 0 Å². The molecule has 0 bridgehead atoms. The van der Waals surface area contributed by atoms with E-state index in [0.717, 1.165) is 13.1 Å². The monoisotopic (exact) mass is 240 g/mol. The highest BCUT2D eigenvalue weighted by atomic mass is 16.3. The van der Waals surface area contributed by atoms with E-state index in [2.05, 4.69) is 24.2 Å². The van der Waals surface area contributed by atoms with E-state index >= 15 is 0 Å². The van der Waals surface area contributed by atoms with Crippen LogP contribution in [0.3, 0.4) is 0 Å². The molecule has 0 spiro atoms. The molecule has 2 unspecified atom stereocenters. The minimum Gasteiger partial charge on any atom is -0.394 e. The summed E-state index contributed by atoms with van der Waals surface area (Å²) in [5.74, 6) is 0.669. The van der Waals surface area contributed by atoms with E-state index in [1.807, 2.05) is 0 Å². The van der Waals surface area contributed by atoms with Gasteiger partial charge in [0.2, 0.25) is 0 Å². The molecule has 0 aromatic heterocycles. The first kappa shape index (κ1) is 13.3. The van der Waals surface area contributed by atoms with Crippen LogP contribution >= 0.6 is 0 Å². The van der Waals surface area contributed by atoms with Gasteiger partial charge in [0, 0.05) is 11.6 Å². The van der Waals surface area contributed by atoms with Gasteiger partial charge < -0.3 is 15.3 Å². The molecule has 0 amide bonds. The van der Waals surface area contributed by atoms with Gasteiger partial charge in [-0.3, -0.25) is 0 Å². The van der Waals surface area contributed by atoms with Gasteiger partial charge in [-0.2, -0.15) is 0 Å². The van der Waals surface area contributed by atoms with Gasteiger partial charge in [-0.05, 0) is 58.2 Å². The van der Waals surface area contributed by atoms with Crippen LogP contribution in [0.5, 0.6) is 0 Å². The second-order valence-electron chi connectivity index (χ2n) is 6.01. The number of hydrogen-bond acceptors (Lipinski definition) is 3. The molecule has 0 heterocycles. The Kier molecular flexibility index (Phi) is 4.45. The van der Waals surface area contributed by atoms with Crippen molar-refractivity contribution in [3.8, 4) is 0 Å². The van der Waals surface area contributed by atoms with Crippen molar-refractivity contribution in [1.82, 2.24) is 10.2 Å². The number of nitrogens with one attached hydrogen (secondary N) is 1. The molecular weight excluding hydrogens is 212 g/mol. The highest BCUT2D eigenvalue weighted by Crippen LogP contribution is 2.40. The Balaban J connectivity index is 1.88. The van der Waals surface area contributed by atoms with Gasteiger partial charge in [-0.1, -0.05) is 13.3 Å². The fourth-order valence-electron chi connectivity index (χ4n) is 3.18. The summed E-state index contributed by atoms with van der Waals surface area (Å²) >= 11 is 0. The maximum Gasteiger partial charge on any atom is 0.0616 e. The van der Waals surface area contributed by atoms with Crippen molar-refractivity contribution in [3.63, 3.8) is 0 Å². The molecule has 3 nitrogen and oxygen atoms in total. The van der Waals surface area contributed by atoms with Crippen molar-refractivity contribution in [2.45, 2.75) is 57.0 Å². The lowest BCUT2D eigenvalue weighted by Gasteiger charge is -2.36. The Morgan fingerprint density at radius 3 is 2.71 bits per heavy atom. The third-order valence-electron chi connectivity index (χ3n) is 4.71. The molecule has 3 heteroatoms. The van der Waals surface area contributed by atoms with Crippen LogP contribution in [0.25, 0.3) is 0 Å². The number of rotatable bonds is 7. The third-order valence-corrected chi connectivity index (χ3v) is 4.71. The molecule has 2 N–H and O–H groups in total. The zero-order valence-corrected chi connectivity index (χ0v) is 11.4. The first-order chi connectivity index (χ1) is 8.20. The number of aliphatic hydroxyl groups excluding tert-OH is 1. The summed E-state index contributed by atoms with van der Waals surface area (Å²) < 4.78 is 0. The van der Waals surface area contributed by atoms with Crippen LogP contribution in [0.1, 0.15) is 45.4 Å². The molecule has 0 aromatic carbocycles. The van der Waals surface area contributed by atoms with E-state index in [-0.39, 0.29) is 5.54 Å². The van der Waals surface area contributed by atoms with Crippen molar-refractivity contribution < 1.29 is 5.11 Å². The molecule has 0 aliphatic heterocycles. The molecule has 100 valence electrons. The molecule has 2 aliphatic rings. The molecule has 2 fully saturated rings. The molecule has 17 heavy (non-hydrogen) atoms. The highest BCUT2D eigenvalue weighted by molar-refractivity contribution is 5.03. The van der Waals surface area contributed by atoms with E-state index < -0.39 is 0 Å². The average molecular weight is 240 g/mol. The van der Waals surface area contributed by atoms with Crippen LogP contribution in [0, 0.1) is 5.92 Å². The third kappa shape index (κ3) is 3.21. The molecule has 0 aromatic rings. The number of aliphatic hydroxyl groups is 1. The standard InChI is InChI=1S/C14H28N2O/c1-3-16(2)10-8-12-5-4-9-14(12,11-17)15-13-6-7-13/h12-13,15,17H,3-11H2,1-2H3. The molecule has 2 aliphatic carbocycles. The van der Waals surface area contributed by atoms with Gasteiger partial charge in [-0.25, -0.2) is 0 Å². The normalized spacial score (nSPS) is 33.5. The van der Waals surface area contributed by atoms with Crippen molar-refractivity contribution in [1.29, 1.82) is 0 Å². The Hall–Kier alpha value is -0.120. The van der Waals surface area contributed by atoms with Gasteiger partial charge in [0.05, 0.1) is 6.61 Å². The van der Waals surface area contributed by atoms with E-state index in [0.29, 0.717) is 18.6 Å². The number of hydrogen-bond donors (Lipinski definition) is 2. The van der Waals surface area contributed by atoms with Gasteiger partial charge in [0.15, 0.2) is 0 Å². The maximum atomic E-state index is 9.81. The fourth-order valence-corrected chi connectivity index (χ4v) is 3.18. The molecule has 0 saturated heterocycles. The summed E-state index contributed by atoms with van der Waals surface area (Å²) in [7, 11) is 2.18. The highest BCUT2D eigenvalue weighted by Gasteiger charge is 2.44. The van der Waals surface area contributed by atoms with E-state index in [4.69, 9.17) is 0 Å². The molecule has 2 rings (SSSR count). The summed E-state index contributed by atoms with van der Waals surface area (Å²) in [5.41, 5.74) is 0.0513. The first-order valence-electron chi connectivity index (χ1n) is 7.27. The quantitative estimate of drug-likeness (QED) is 0.710. The second-order valence-corrected chi connectivity index (χ2v) is 6.01. The topological polar surface area (TPSA) is 35.5 Å². The predicted octanol–water partition coefficient (Wildman–Crippen LogP) is 1.61. The summed E-state index contributed by atoms with van der Waals surface area (Å²) in [4.78, 5) is 2.37. The second kappa shape index (κ2) is 5.68. The van der Waals surface area contributed by atoms with Crippen molar-refractivity contribution in [3.05, 3.63) is 0 Å². The van der Waals surface area contributed by atoms with Gasteiger partial charge in [0.25, 0.3) is 0 Å². The zero-order chi connectivity index (χ0) is 12.3. The zero-order valence-electron chi connectivity index (χ0n) is 11.4. The Morgan fingerprint density at radius 1 is 1.35 bits per heavy atom. The lowest BCUT2D eigenvalue weighted by Crippen LogP contribution is -2.52. The van der Waals surface area contributed by atoms with Crippen LogP contribution in [-0.2, 0) is 0 Å². The molecule has 2 atom stereocenters. The first-order valence-corrected chi connectivity index (χ1v) is 7.27. The molecule has 2 saturated carbocycles. The van der Waals surface area contributed by atoms with E-state index in [1.165, 1.54) is 38.5 Å². The smallest absolute Gasteiger partial charge is 0.0616 e. The van der Waals surface area contributed by atoms with Gasteiger partial charge in [0.1, 0.15) is 0 Å². The Morgan fingerprint density at radius 2 is 2.12 bits per heavy atom. The van der Waals surface area contributed by atoms with Gasteiger partial charge >= 0.3 is 0 Å². The van der Waals surface area contributed by atoms with Crippen molar-refractivity contribution >= 4 is 0 Å². The largest absolute Gasteiger partial charge is 0.394 e. The number of nitrogens with zero attached hydrogens (tertiary/aromatic N) is 1. The summed E-state index contributed by atoms with van der Waals surface area (Å²) in [6.45, 7) is 4.81. The predicted molar refractivity (Wildman–Crippen MR) is 71.1 cm³/mol. The van der Waals surface area contributed by atoms with Crippen LogP contribution in [0.15, 0.2) is 0 Å². The fraction of sp³-hybridized carbons (Fsp3) is 1.00. The van der Waals surface area contributed by atoms with Crippen LogP contribution in [-0.4, -0.2) is 48.3 Å². The summed E-state index contributed by atoms with van der Waals surface area (Å²) in [6, 6.07) is 0.701. The SMILES string of the molecule is CCN(C)CCC1CCCC1(CO)NC1CC1. The molecule has 0 radical (unpaired) electrons. The molecular formula is C14H28N2O. The summed E-state index contributed by atoms with van der Waals surface area (Å²) in [5, 5.41) is 13.5. The van der Waals surface area contributed by atoms with E-state index in [1.54, 1.807) is 0 Å². The van der Waals surface area contributed by atoms with Crippen molar-refractivity contribution in [2.75, 3.05) is 26.7 Å². The maximum absolute atomic E-state index is 9.81. The lowest BCUT2D eigenvalue weighted by molar-refractivity contribution is 0.111. The van der Waals surface area contributed by atoms with E-state index in [9.17, 15) is 5.11 Å². The minimum absolute atomic E-state index is 0.0513.